The number of fused-ring (bicyclic) bond motifs is 2. The van der Waals surface area contributed by atoms with Gasteiger partial charge in [-0.05, 0) is 31.2 Å². The number of carbonyl (C=O) groups is 1. The summed E-state index contributed by atoms with van der Waals surface area (Å²) in [5.74, 6) is -0.926. The zero-order valence-electron chi connectivity index (χ0n) is 13.8. The van der Waals surface area contributed by atoms with E-state index in [9.17, 15) is 19.8 Å². The van der Waals surface area contributed by atoms with Crippen LogP contribution in [0.3, 0.4) is 0 Å². The molecule has 1 aromatic heterocycles. The topological polar surface area (TPSA) is 88.8 Å². The summed E-state index contributed by atoms with van der Waals surface area (Å²) in [6, 6.07) is 9.82. The lowest BCUT2D eigenvalue weighted by molar-refractivity contribution is -0.137. The standard InChI is InChI=1S/C18H15ClNO5Si/c1-18(24,26)9-25-17-12(19)7-6-11-15(17)20(8-14(21)22)13-5-3-2-4-10(13)16(11)23/h2-7,24H,8-9H2,1H3,(H,21,22)/t18-/m1/s1. The zero-order chi connectivity index (χ0) is 19.1. The van der Waals surface area contributed by atoms with Crippen LogP contribution in [-0.2, 0) is 11.3 Å². The molecule has 0 aliphatic carbocycles. The van der Waals surface area contributed by atoms with Crippen molar-refractivity contribution in [2.45, 2.75) is 18.7 Å². The molecule has 0 saturated carbocycles. The van der Waals surface area contributed by atoms with E-state index in [2.05, 4.69) is 10.2 Å². The molecule has 8 heteroatoms. The molecular weight excluding hydrogens is 374 g/mol. The minimum Gasteiger partial charge on any atom is -0.487 e. The molecule has 3 radical (unpaired) electrons. The van der Waals surface area contributed by atoms with Crippen LogP contribution in [0.15, 0.2) is 41.2 Å². The minimum atomic E-state index is -1.32. The van der Waals surface area contributed by atoms with Crippen molar-refractivity contribution in [1.29, 1.82) is 0 Å². The molecular formula is C18H15ClNO5Si. The van der Waals surface area contributed by atoms with Gasteiger partial charge in [0.25, 0.3) is 0 Å². The number of carboxylic acid groups (broad SMARTS) is 1. The fourth-order valence-corrected chi connectivity index (χ4v) is 3.09. The van der Waals surface area contributed by atoms with Crippen LogP contribution >= 0.6 is 11.6 Å². The quantitative estimate of drug-likeness (QED) is 0.516. The summed E-state index contributed by atoms with van der Waals surface area (Å²) in [5.41, 5.74) is 0.494. The fraction of sp³-hybridized carbons (Fsp3) is 0.222. The molecule has 1 atom stereocenters. The number of benzene rings is 2. The van der Waals surface area contributed by atoms with Gasteiger partial charge >= 0.3 is 5.97 Å². The van der Waals surface area contributed by atoms with Gasteiger partial charge in [-0.3, -0.25) is 9.59 Å². The second-order valence-corrected chi connectivity index (χ2v) is 7.65. The van der Waals surface area contributed by atoms with Gasteiger partial charge in [-0.2, -0.15) is 0 Å². The van der Waals surface area contributed by atoms with Crippen LogP contribution in [0, 0.1) is 0 Å². The van der Waals surface area contributed by atoms with Crippen LogP contribution in [0.2, 0.25) is 5.02 Å². The lowest BCUT2D eigenvalue weighted by Gasteiger charge is -2.21. The first-order valence-corrected chi connectivity index (χ1v) is 8.62. The number of pyridine rings is 1. The molecule has 26 heavy (non-hydrogen) atoms. The van der Waals surface area contributed by atoms with E-state index >= 15 is 0 Å². The molecule has 2 N–H and O–H groups in total. The summed E-state index contributed by atoms with van der Waals surface area (Å²) in [7, 11) is 3.12. The van der Waals surface area contributed by atoms with Crippen LogP contribution in [0.25, 0.3) is 21.8 Å². The van der Waals surface area contributed by atoms with E-state index < -0.39 is 11.2 Å². The third kappa shape index (κ3) is 3.46. The van der Waals surface area contributed by atoms with Crippen molar-refractivity contribution in [3.8, 4) is 5.75 Å². The number of hydrogen-bond acceptors (Lipinski definition) is 4. The van der Waals surface area contributed by atoms with E-state index in [0.29, 0.717) is 10.9 Å². The molecule has 133 valence electrons. The molecule has 0 amide bonds. The van der Waals surface area contributed by atoms with E-state index in [1.165, 1.54) is 17.6 Å². The number of halogens is 1. The van der Waals surface area contributed by atoms with Crippen LogP contribution in [-0.4, -0.2) is 42.8 Å². The molecule has 1 heterocycles. The van der Waals surface area contributed by atoms with E-state index in [0.717, 1.165) is 0 Å². The summed E-state index contributed by atoms with van der Waals surface area (Å²) >= 11 is 6.26. The van der Waals surface area contributed by atoms with Crippen molar-refractivity contribution in [1.82, 2.24) is 4.57 Å². The van der Waals surface area contributed by atoms with Crippen molar-refractivity contribution in [2.24, 2.45) is 0 Å². The minimum absolute atomic E-state index is 0.145. The van der Waals surface area contributed by atoms with Gasteiger partial charge in [0.2, 0.25) is 0 Å². The number of carboxylic acids is 1. The normalized spacial score (nSPS) is 13.7. The van der Waals surface area contributed by atoms with Crippen molar-refractivity contribution in [3.63, 3.8) is 0 Å². The fourth-order valence-electron chi connectivity index (χ4n) is 2.81. The van der Waals surface area contributed by atoms with Gasteiger partial charge < -0.3 is 19.5 Å². The summed E-state index contributed by atoms with van der Waals surface area (Å²) in [5, 5.41) is 18.8. The third-order valence-corrected chi connectivity index (χ3v) is 4.27. The molecule has 3 rings (SSSR count). The maximum Gasteiger partial charge on any atom is 0.323 e. The number of hydrogen-bond donors (Lipinski definition) is 2. The zero-order valence-corrected chi connectivity index (χ0v) is 15.6. The Morgan fingerprint density at radius 2 is 1.96 bits per heavy atom. The van der Waals surface area contributed by atoms with Gasteiger partial charge in [0.05, 0.1) is 36.9 Å². The van der Waals surface area contributed by atoms with E-state index in [1.807, 2.05) is 0 Å². The molecule has 6 nitrogen and oxygen atoms in total. The molecule has 0 aliphatic rings. The Bertz CT molecular complexity index is 1070. The molecule has 0 spiro atoms. The summed E-state index contributed by atoms with van der Waals surface area (Å²) in [6.07, 6.45) is 0. The highest BCUT2D eigenvalue weighted by molar-refractivity contribution is 6.33. The molecule has 3 aromatic rings. The summed E-state index contributed by atoms with van der Waals surface area (Å²) < 4.78 is 7.14. The number of nitrogens with zero attached hydrogens (tertiary/aromatic N) is 1. The number of para-hydroxylation sites is 1. The van der Waals surface area contributed by atoms with Gasteiger partial charge in [0, 0.05) is 5.39 Å². The Balaban J connectivity index is 2.42. The molecule has 0 bridgehead atoms. The van der Waals surface area contributed by atoms with Crippen LogP contribution < -0.4 is 10.2 Å². The van der Waals surface area contributed by atoms with E-state index in [1.54, 1.807) is 30.3 Å². The van der Waals surface area contributed by atoms with Gasteiger partial charge in [-0.1, -0.05) is 23.7 Å². The Kier molecular flexibility index (Phi) is 4.79. The summed E-state index contributed by atoms with van der Waals surface area (Å²) in [6.45, 7) is 0.956. The number of rotatable bonds is 5. The van der Waals surface area contributed by atoms with Crippen LogP contribution in [0.5, 0.6) is 5.75 Å². The molecule has 2 aromatic carbocycles. The first kappa shape index (κ1) is 18.4. The lowest BCUT2D eigenvalue weighted by atomic mass is 10.1. The Labute approximate surface area is 157 Å². The van der Waals surface area contributed by atoms with Crippen molar-refractivity contribution in [3.05, 3.63) is 51.6 Å². The average Bonchev–Trinajstić information content (AvgIpc) is 2.56. The second kappa shape index (κ2) is 6.75. The second-order valence-electron chi connectivity index (χ2n) is 6.16. The van der Waals surface area contributed by atoms with Crippen molar-refractivity contribution < 1.29 is 19.7 Å². The number of aliphatic carboxylic acids is 1. The van der Waals surface area contributed by atoms with E-state index in [4.69, 9.17) is 16.3 Å². The molecule has 0 aliphatic heterocycles. The van der Waals surface area contributed by atoms with Crippen LogP contribution in [0.1, 0.15) is 6.92 Å². The molecule has 0 unspecified atom stereocenters. The average molecular weight is 389 g/mol. The predicted molar refractivity (Wildman–Crippen MR) is 100 cm³/mol. The molecule has 0 saturated heterocycles. The van der Waals surface area contributed by atoms with Crippen molar-refractivity contribution in [2.75, 3.05) is 6.61 Å². The Hall–Kier alpha value is -2.35. The highest BCUT2D eigenvalue weighted by Gasteiger charge is 2.21. The van der Waals surface area contributed by atoms with Crippen molar-refractivity contribution >= 4 is 49.6 Å². The number of aromatic nitrogens is 1. The highest BCUT2D eigenvalue weighted by Crippen LogP contribution is 2.34. The number of aliphatic hydroxyl groups is 1. The van der Waals surface area contributed by atoms with Gasteiger partial charge in [-0.15, -0.1) is 0 Å². The third-order valence-electron chi connectivity index (χ3n) is 3.83. The number of ether oxygens (including phenoxy) is 1. The largest absolute Gasteiger partial charge is 0.487 e. The SMILES string of the molecule is C[C@@](O)([Si])COc1c(Cl)ccc2c(=O)c3ccccc3n(CC(=O)O)c12. The van der Waals surface area contributed by atoms with Gasteiger partial charge in [-0.25, -0.2) is 0 Å². The van der Waals surface area contributed by atoms with Gasteiger partial charge in [0.1, 0.15) is 13.2 Å². The summed E-state index contributed by atoms with van der Waals surface area (Å²) in [4.78, 5) is 24.3. The lowest BCUT2D eigenvalue weighted by Crippen LogP contribution is -2.32. The van der Waals surface area contributed by atoms with Crippen LogP contribution in [0.4, 0.5) is 0 Å². The van der Waals surface area contributed by atoms with Gasteiger partial charge in [0.15, 0.2) is 11.2 Å². The highest BCUT2D eigenvalue weighted by atomic mass is 35.5. The smallest absolute Gasteiger partial charge is 0.323 e. The Morgan fingerprint density at radius 1 is 1.27 bits per heavy atom. The first-order valence-electron chi connectivity index (χ1n) is 7.75. The first-order chi connectivity index (χ1) is 12.2. The maximum absolute atomic E-state index is 12.9. The Morgan fingerprint density at radius 3 is 2.62 bits per heavy atom. The molecule has 0 fully saturated rings. The monoisotopic (exact) mass is 388 g/mol. The van der Waals surface area contributed by atoms with E-state index in [-0.39, 0.29) is 40.3 Å². The maximum atomic E-state index is 12.9. The predicted octanol–water partition coefficient (Wildman–Crippen LogP) is 2.15.